The van der Waals surface area contributed by atoms with Crippen LogP contribution in [0.4, 0.5) is 10.1 Å². The topological polar surface area (TPSA) is 81.4 Å². The molecule has 4 bridgehead atoms. The molecule has 0 N–H and O–H groups in total. The molecule has 0 atom stereocenters. The number of halogens is 1. The highest BCUT2D eigenvalue weighted by Crippen LogP contribution is 2.71. The fourth-order valence-electron chi connectivity index (χ4n) is 8.68. The number of fused-ring (bicyclic) bond motifs is 3. The van der Waals surface area contributed by atoms with Crippen LogP contribution in [-0.4, -0.2) is 39.9 Å². The van der Waals surface area contributed by atoms with E-state index in [0.29, 0.717) is 44.7 Å². The number of aromatic nitrogens is 3. The van der Waals surface area contributed by atoms with Gasteiger partial charge in [0.25, 0.3) is 0 Å². The molecule has 226 valence electrons. The molecular weight excluding hydrogens is 543 g/mol. The molecule has 1 aromatic carbocycles. The van der Waals surface area contributed by atoms with Gasteiger partial charge in [0.05, 0.1) is 6.61 Å². The first-order chi connectivity index (χ1) is 20.6. The zero-order valence-electron chi connectivity index (χ0n) is 25.3. The maximum Gasteiger partial charge on any atom is 0.232 e. The van der Waals surface area contributed by atoms with Crippen LogP contribution >= 0.6 is 0 Å². The number of ether oxygens (including phenoxy) is 1. The zero-order valence-corrected chi connectivity index (χ0v) is 25.3. The molecule has 0 unspecified atom stereocenters. The van der Waals surface area contributed by atoms with Crippen molar-refractivity contribution in [2.45, 2.75) is 107 Å². The van der Waals surface area contributed by atoms with Gasteiger partial charge in [-0.3, -0.25) is 4.79 Å². The second-order valence-electron chi connectivity index (χ2n) is 15.0. The minimum atomic E-state index is -1.01. The Morgan fingerprint density at radius 1 is 0.977 bits per heavy atom. The number of alkyl halides is 1. The van der Waals surface area contributed by atoms with Gasteiger partial charge in [0.2, 0.25) is 17.7 Å². The van der Waals surface area contributed by atoms with E-state index in [-0.39, 0.29) is 27.6 Å². The molecule has 7 fully saturated rings. The number of carbonyl (C=O) groups excluding carboxylic acids is 1. The lowest BCUT2D eigenvalue weighted by Crippen LogP contribution is -2.65. The second-order valence-corrected chi connectivity index (χ2v) is 15.0. The number of nitrogens with zero attached hydrogens (tertiary/aromatic N) is 4. The molecule has 43 heavy (non-hydrogen) atoms. The van der Waals surface area contributed by atoms with Gasteiger partial charge in [0, 0.05) is 47.3 Å². The van der Waals surface area contributed by atoms with E-state index in [1.165, 1.54) is 0 Å². The molecule has 0 aliphatic heterocycles. The maximum absolute atomic E-state index is 14.4. The van der Waals surface area contributed by atoms with E-state index in [9.17, 15) is 9.18 Å². The number of rotatable bonds is 10. The van der Waals surface area contributed by atoms with Gasteiger partial charge in [-0.2, -0.15) is 4.98 Å². The Morgan fingerprint density at radius 3 is 2.35 bits per heavy atom. The van der Waals surface area contributed by atoms with E-state index >= 15 is 0 Å². The lowest BCUT2D eigenvalue weighted by molar-refractivity contribution is -0.215. The molecule has 3 aromatic rings. The zero-order chi connectivity index (χ0) is 29.5. The molecule has 7 aliphatic carbocycles. The fraction of sp³-hybridized carbons (Fsp3) is 0.600. The predicted molar refractivity (Wildman–Crippen MR) is 161 cm³/mol. The van der Waals surface area contributed by atoms with Gasteiger partial charge < -0.3 is 14.2 Å². The van der Waals surface area contributed by atoms with Crippen molar-refractivity contribution in [1.29, 1.82) is 0 Å². The maximum atomic E-state index is 14.4. The van der Waals surface area contributed by atoms with Crippen LogP contribution in [0.5, 0.6) is 5.88 Å². The Kier molecular flexibility index (Phi) is 5.93. The molecule has 0 radical (unpaired) electrons. The number of benzene rings is 1. The van der Waals surface area contributed by atoms with Crippen molar-refractivity contribution in [2.24, 2.45) is 10.8 Å². The predicted octanol–water partition coefficient (Wildman–Crippen LogP) is 7.49. The van der Waals surface area contributed by atoms with E-state index in [1.807, 2.05) is 42.3 Å². The molecule has 1 amide bonds. The highest BCUT2D eigenvalue weighted by atomic mass is 19.1. The second kappa shape index (κ2) is 9.35. The summed E-state index contributed by atoms with van der Waals surface area (Å²) in [6.07, 6.45) is 12.3. The van der Waals surface area contributed by atoms with Crippen LogP contribution in [0, 0.1) is 10.8 Å². The summed E-state index contributed by atoms with van der Waals surface area (Å²) in [4.78, 5) is 25.5. The van der Waals surface area contributed by atoms with Crippen molar-refractivity contribution in [1.82, 2.24) is 15.1 Å². The molecule has 0 spiro atoms. The number of pyridine rings is 1. The third-order valence-electron chi connectivity index (χ3n) is 11.7. The van der Waals surface area contributed by atoms with E-state index in [2.05, 4.69) is 29.2 Å². The Labute approximate surface area is 252 Å². The minimum Gasteiger partial charge on any atom is -0.478 e. The van der Waals surface area contributed by atoms with E-state index in [4.69, 9.17) is 14.2 Å². The molecule has 7 nitrogen and oxygen atoms in total. The molecule has 10 rings (SSSR count). The van der Waals surface area contributed by atoms with Crippen molar-refractivity contribution in [2.75, 3.05) is 18.1 Å². The van der Waals surface area contributed by atoms with Crippen molar-refractivity contribution in [3.8, 4) is 17.0 Å². The summed E-state index contributed by atoms with van der Waals surface area (Å²) in [5, 5.41) is 4.50. The first-order valence-corrected chi connectivity index (χ1v) is 16.2. The van der Waals surface area contributed by atoms with Crippen molar-refractivity contribution in [3.63, 3.8) is 0 Å². The van der Waals surface area contributed by atoms with E-state index in [0.717, 1.165) is 79.9 Å². The van der Waals surface area contributed by atoms with Crippen LogP contribution in [0.1, 0.15) is 103 Å². The third-order valence-corrected chi connectivity index (χ3v) is 11.7. The molecule has 2 heterocycles. The van der Waals surface area contributed by atoms with Gasteiger partial charge in [-0.1, -0.05) is 24.2 Å². The highest BCUT2D eigenvalue weighted by Gasteiger charge is 2.69. The standard InChI is InChI=1S/C35H41FN4O3/c1-3-42-27-8-7-25(19-37-27)24-5-4-6-26(17-24)40(28(41)18-33-20-35(36,21-33)22-33)23-32-11-14-34(15-12-32,16-13-32)29-38-30(43-39-29)31(2)9-10-31/h4-8,17,19H,3,9-16,18,20-23H2,1-2H3. The average Bonchev–Trinajstić information content (AvgIpc) is 3.53. The van der Waals surface area contributed by atoms with E-state index < -0.39 is 5.67 Å². The van der Waals surface area contributed by atoms with Crippen LogP contribution < -0.4 is 9.64 Å². The number of carbonyl (C=O) groups is 1. The molecule has 7 saturated carbocycles. The van der Waals surface area contributed by atoms with Gasteiger partial charge >= 0.3 is 0 Å². The van der Waals surface area contributed by atoms with Crippen molar-refractivity contribution >= 4 is 11.6 Å². The van der Waals surface area contributed by atoms with Gasteiger partial charge in [-0.05, 0) is 112 Å². The fourth-order valence-corrected chi connectivity index (χ4v) is 8.68. The lowest BCUT2D eigenvalue weighted by Gasteiger charge is -2.66. The largest absolute Gasteiger partial charge is 0.478 e. The van der Waals surface area contributed by atoms with Gasteiger partial charge in [-0.15, -0.1) is 0 Å². The van der Waals surface area contributed by atoms with Gasteiger partial charge in [0.15, 0.2) is 5.82 Å². The summed E-state index contributed by atoms with van der Waals surface area (Å²) in [7, 11) is 0. The Hall–Kier alpha value is -3.29. The van der Waals surface area contributed by atoms with Crippen molar-refractivity contribution < 1.29 is 18.4 Å². The monoisotopic (exact) mass is 584 g/mol. The Balaban J connectivity index is 1.04. The highest BCUT2D eigenvalue weighted by molar-refractivity contribution is 5.95. The Morgan fingerprint density at radius 2 is 1.72 bits per heavy atom. The summed E-state index contributed by atoms with van der Waals surface area (Å²) in [6.45, 7) is 5.42. The van der Waals surface area contributed by atoms with Crippen LogP contribution in [-0.2, 0) is 15.6 Å². The SMILES string of the molecule is CCOc1ccc(-c2cccc(N(CC34CCC(c5noc(C6(C)CC6)n5)(CC3)CC4)C(=O)CC34CC(F)(C3)C4)c2)cn1. The smallest absolute Gasteiger partial charge is 0.232 e. The summed E-state index contributed by atoms with van der Waals surface area (Å²) in [6, 6.07) is 12.1. The van der Waals surface area contributed by atoms with Gasteiger partial charge in [0.1, 0.15) is 5.67 Å². The summed E-state index contributed by atoms with van der Waals surface area (Å²) >= 11 is 0. The van der Waals surface area contributed by atoms with Crippen molar-refractivity contribution in [3.05, 3.63) is 54.3 Å². The summed E-state index contributed by atoms with van der Waals surface area (Å²) < 4.78 is 25.7. The van der Waals surface area contributed by atoms with Crippen LogP contribution in [0.25, 0.3) is 11.1 Å². The number of hydrogen-bond donors (Lipinski definition) is 0. The quantitative estimate of drug-likeness (QED) is 0.246. The summed E-state index contributed by atoms with van der Waals surface area (Å²) in [5.74, 6) is 2.44. The number of hydrogen-bond acceptors (Lipinski definition) is 6. The molecule has 8 heteroatoms. The Bertz CT molecular complexity index is 1520. The molecule has 2 aromatic heterocycles. The molecular formula is C35H41FN4O3. The van der Waals surface area contributed by atoms with Gasteiger partial charge in [-0.25, -0.2) is 9.37 Å². The first-order valence-electron chi connectivity index (χ1n) is 16.2. The first kappa shape index (κ1) is 27.3. The average molecular weight is 585 g/mol. The van der Waals surface area contributed by atoms with E-state index in [1.54, 1.807) is 0 Å². The lowest BCUT2D eigenvalue weighted by atomic mass is 9.41. The van der Waals surface area contributed by atoms with Crippen LogP contribution in [0.2, 0.25) is 0 Å². The molecule has 0 saturated heterocycles. The number of amides is 1. The minimum absolute atomic E-state index is 0.00849. The molecule has 7 aliphatic rings. The van der Waals surface area contributed by atoms with Crippen LogP contribution in [0.3, 0.4) is 0 Å². The third kappa shape index (κ3) is 4.58. The normalized spacial score (nSPS) is 32.9. The van der Waals surface area contributed by atoms with Crippen LogP contribution in [0.15, 0.2) is 47.1 Å². The summed E-state index contributed by atoms with van der Waals surface area (Å²) in [5.41, 5.74) is 1.89. The number of anilines is 1.